The molecule has 0 radical (unpaired) electrons. The Bertz CT molecular complexity index is 1250. The van der Waals surface area contributed by atoms with Gasteiger partial charge in [0.1, 0.15) is 17.4 Å². The maximum Gasteiger partial charge on any atom is 0.248 e. The number of carbonyl (C=O) groups is 3. The molecule has 3 heterocycles. The lowest BCUT2D eigenvalue weighted by atomic mass is 9.66. The molecule has 9 heteroatoms. The zero-order valence-electron chi connectivity index (χ0n) is 28.0. The van der Waals surface area contributed by atoms with Crippen molar-refractivity contribution in [3.63, 3.8) is 0 Å². The number of hydrogen-bond donors (Lipinski definition) is 1. The van der Waals surface area contributed by atoms with Gasteiger partial charge in [0, 0.05) is 24.8 Å². The van der Waals surface area contributed by atoms with Crippen LogP contribution in [0.5, 0.6) is 5.75 Å². The summed E-state index contributed by atoms with van der Waals surface area (Å²) in [4.78, 5) is 49.3. The number of aliphatic hydroxyl groups excluding tert-OH is 1. The summed E-state index contributed by atoms with van der Waals surface area (Å²) in [5.41, 5.74) is -1.45. The SMILES string of the molecule is C=CCN(C(=O)[C@H]1[C@H]2C(=O)N([C@@H](CO)CC(C)C)C(C(=O)N(CC=C)C(C)CCC)C23CC[C@]1(C)O3)c1ccc(OCC)cc1. The Balaban J connectivity index is 1.82. The van der Waals surface area contributed by atoms with E-state index >= 15 is 0 Å². The highest BCUT2D eigenvalue weighted by molar-refractivity contribution is 6.03. The highest BCUT2D eigenvalue weighted by Crippen LogP contribution is 2.64. The highest BCUT2D eigenvalue weighted by Gasteiger charge is 2.79. The number of fused-ring (bicyclic) bond motifs is 1. The molecule has 248 valence electrons. The highest BCUT2D eigenvalue weighted by atomic mass is 16.5. The molecule has 4 rings (SSSR count). The van der Waals surface area contributed by atoms with E-state index in [2.05, 4.69) is 20.1 Å². The van der Waals surface area contributed by atoms with Crippen molar-refractivity contribution in [2.45, 2.75) is 103 Å². The van der Waals surface area contributed by atoms with Crippen molar-refractivity contribution in [3.8, 4) is 5.75 Å². The third kappa shape index (κ3) is 6.18. The summed E-state index contributed by atoms with van der Waals surface area (Å²) in [6.07, 6.45) is 6.60. The summed E-state index contributed by atoms with van der Waals surface area (Å²) in [6, 6.07) is 5.69. The third-order valence-corrected chi connectivity index (χ3v) is 9.95. The summed E-state index contributed by atoms with van der Waals surface area (Å²) in [5, 5.41) is 10.6. The molecule has 0 aromatic heterocycles. The fraction of sp³-hybridized carbons (Fsp3) is 0.639. The Morgan fingerprint density at radius 1 is 1.11 bits per heavy atom. The summed E-state index contributed by atoms with van der Waals surface area (Å²) in [6.45, 7) is 20.6. The lowest BCUT2D eigenvalue weighted by Crippen LogP contribution is -2.60. The van der Waals surface area contributed by atoms with E-state index in [1.165, 1.54) is 0 Å². The first-order valence-corrected chi connectivity index (χ1v) is 16.6. The molecule has 3 fully saturated rings. The van der Waals surface area contributed by atoms with Gasteiger partial charge in [-0.05, 0) is 76.6 Å². The number of amides is 3. The smallest absolute Gasteiger partial charge is 0.248 e. The number of ether oxygens (including phenoxy) is 2. The summed E-state index contributed by atoms with van der Waals surface area (Å²) >= 11 is 0. The fourth-order valence-corrected chi connectivity index (χ4v) is 8.10. The summed E-state index contributed by atoms with van der Waals surface area (Å²) in [7, 11) is 0. The van der Waals surface area contributed by atoms with E-state index in [-0.39, 0.29) is 42.8 Å². The second-order valence-corrected chi connectivity index (χ2v) is 13.5. The minimum Gasteiger partial charge on any atom is -0.494 e. The van der Waals surface area contributed by atoms with Crippen molar-refractivity contribution in [1.82, 2.24) is 9.80 Å². The molecule has 1 aromatic carbocycles. The van der Waals surface area contributed by atoms with Gasteiger partial charge in [-0.2, -0.15) is 0 Å². The van der Waals surface area contributed by atoms with Crippen LogP contribution in [0.4, 0.5) is 5.69 Å². The first-order chi connectivity index (χ1) is 21.4. The Morgan fingerprint density at radius 3 is 2.33 bits per heavy atom. The first kappa shape index (κ1) is 34.7. The van der Waals surface area contributed by atoms with Crippen molar-refractivity contribution < 1.29 is 29.0 Å². The van der Waals surface area contributed by atoms with Crippen LogP contribution in [-0.2, 0) is 19.1 Å². The van der Waals surface area contributed by atoms with Crippen molar-refractivity contribution >= 4 is 23.4 Å². The Morgan fingerprint density at radius 2 is 1.78 bits per heavy atom. The number of rotatable bonds is 16. The van der Waals surface area contributed by atoms with Gasteiger partial charge in [-0.3, -0.25) is 14.4 Å². The molecule has 1 aromatic rings. The molecular formula is C36H53N3O6. The van der Waals surface area contributed by atoms with E-state index in [4.69, 9.17) is 9.47 Å². The fourth-order valence-electron chi connectivity index (χ4n) is 8.10. The lowest BCUT2D eigenvalue weighted by Gasteiger charge is -2.41. The van der Waals surface area contributed by atoms with Crippen LogP contribution in [0.25, 0.3) is 0 Å². The molecule has 3 aliphatic rings. The largest absolute Gasteiger partial charge is 0.494 e. The number of likely N-dealkylation sites (tertiary alicyclic amines) is 1. The second-order valence-electron chi connectivity index (χ2n) is 13.5. The standard InChI is InChI=1S/C36H53N3O6/c1-9-13-25(7)37(20-10-2)34(43)31-36-19-18-35(8,45-36)29(30(36)33(42)39(31)27(23-40)22-24(5)6)32(41)38(21-11-3)26-14-16-28(17-15-26)44-12-4/h10-11,14-17,24-25,27,29-31,40H,2-3,9,12-13,18-23H2,1,4-8H3/t25?,27-,29-,30+,31?,35+,36?/m1/s1. The summed E-state index contributed by atoms with van der Waals surface area (Å²) < 4.78 is 12.5. The number of nitrogens with zero attached hydrogens (tertiary/aromatic N) is 3. The Labute approximate surface area is 269 Å². The molecule has 3 unspecified atom stereocenters. The van der Waals surface area contributed by atoms with Crippen LogP contribution in [0.15, 0.2) is 49.6 Å². The van der Waals surface area contributed by atoms with Crippen LogP contribution in [0.2, 0.25) is 0 Å². The normalized spacial score (nSPS) is 28.1. The van der Waals surface area contributed by atoms with Crippen LogP contribution in [-0.4, -0.2) is 88.3 Å². The monoisotopic (exact) mass is 623 g/mol. The molecule has 2 bridgehead atoms. The molecule has 1 N–H and O–H groups in total. The van der Waals surface area contributed by atoms with E-state index in [0.717, 1.165) is 12.8 Å². The molecule has 0 saturated carbocycles. The molecule has 9 nitrogen and oxygen atoms in total. The zero-order valence-corrected chi connectivity index (χ0v) is 28.0. The maximum absolute atomic E-state index is 14.8. The van der Waals surface area contributed by atoms with Gasteiger partial charge >= 0.3 is 0 Å². The molecule has 3 aliphatic heterocycles. The van der Waals surface area contributed by atoms with E-state index in [1.807, 2.05) is 58.9 Å². The van der Waals surface area contributed by atoms with Gasteiger partial charge in [-0.1, -0.05) is 39.3 Å². The van der Waals surface area contributed by atoms with Crippen molar-refractivity contribution in [1.29, 1.82) is 0 Å². The van der Waals surface area contributed by atoms with Crippen LogP contribution in [0.1, 0.15) is 73.6 Å². The minimum atomic E-state index is -1.18. The van der Waals surface area contributed by atoms with Gasteiger partial charge in [0.25, 0.3) is 0 Å². The molecule has 7 atom stereocenters. The van der Waals surface area contributed by atoms with Gasteiger partial charge in [0.05, 0.1) is 36.7 Å². The summed E-state index contributed by atoms with van der Waals surface area (Å²) in [5.74, 6) is -1.54. The first-order valence-electron chi connectivity index (χ1n) is 16.6. The molecule has 45 heavy (non-hydrogen) atoms. The Kier molecular flexibility index (Phi) is 10.9. The molecular weight excluding hydrogens is 570 g/mol. The van der Waals surface area contributed by atoms with Crippen LogP contribution in [0.3, 0.4) is 0 Å². The van der Waals surface area contributed by atoms with Crippen molar-refractivity contribution in [2.24, 2.45) is 17.8 Å². The lowest BCUT2D eigenvalue weighted by molar-refractivity contribution is -0.156. The van der Waals surface area contributed by atoms with Gasteiger partial charge in [0.15, 0.2) is 0 Å². The van der Waals surface area contributed by atoms with E-state index in [1.54, 1.807) is 26.9 Å². The van der Waals surface area contributed by atoms with E-state index in [0.29, 0.717) is 43.9 Å². The topological polar surface area (TPSA) is 99.6 Å². The van der Waals surface area contributed by atoms with Crippen LogP contribution in [0, 0.1) is 17.8 Å². The van der Waals surface area contributed by atoms with Crippen LogP contribution < -0.4 is 9.64 Å². The molecule has 1 spiro atoms. The number of carbonyl (C=O) groups excluding carboxylic acids is 3. The third-order valence-electron chi connectivity index (χ3n) is 9.95. The quantitative estimate of drug-likeness (QED) is 0.261. The van der Waals surface area contributed by atoms with Crippen molar-refractivity contribution in [2.75, 3.05) is 31.2 Å². The second kappa shape index (κ2) is 14.1. The molecule has 0 aliphatic carbocycles. The number of aliphatic hydroxyl groups is 1. The number of hydrogen-bond acceptors (Lipinski definition) is 6. The minimum absolute atomic E-state index is 0.0834. The van der Waals surface area contributed by atoms with Crippen molar-refractivity contribution in [3.05, 3.63) is 49.6 Å². The van der Waals surface area contributed by atoms with Gasteiger partial charge in [-0.25, -0.2) is 0 Å². The van der Waals surface area contributed by atoms with Gasteiger partial charge in [0.2, 0.25) is 17.7 Å². The predicted octanol–water partition coefficient (Wildman–Crippen LogP) is 4.98. The zero-order chi connectivity index (χ0) is 33.1. The number of benzene rings is 1. The van der Waals surface area contributed by atoms with Crippen LogP contribution >= 0.6 is 0 Å². The molecule has 3 amide bonds. The maximum atomic E-state index is 14.8. The predicted molar refractivity (Wildman–Crippen MR) is 176 cm³/mol. The Hall–Kier alpha value is -3.17. The average Bonchev–Trinajstić information content (AvgIpc) is 3.58. The van der Waals surface area contributed by atoms with E-state index in [9.17, 15) is 19.5 Å². The van der Waals surface area contributed by atoms with E-state index < -0.39 is 35.1 Å². The van der Waals surface area contributed by atoms with Gasteiger partial charge < -0.3 is 29.3 Å². The molecule has 3 saturated heterocycles. The van der Waals surface area contributed by atoms with Gasteiger partial charge in [-0.15, -0.1) is 13.2 Å². The average molecular weight is 624 g/mol. The number of anilines is 1.